The summed E-state index contributed by atoms with van der Waals surface area (Å²) in [6.07, 6.45) is 1.73. The van der Waals surface area contributed by atoms with Gasteiger partial charge in [0, 0.05) is 0 Å². The minimum atomic E-state index is 0.0589. The average molecular weight is 192 g/mol. The van der Waals surface area contributed by atoms with Gasteiger partial charge in [0.25, 0.3) is 0 Å². The molecular weight excluding hydrogens is 180 g/mol. The Hall–Kier alpha value is -1.51. The minimum absolute atomic E-state index is 0.0589. The third kappa shape index (κ3) is 1.45. The Kier molecular flexibility index (Phi) is 2.39. The maximum absolute atomic E-state index is 10.7. The second kappa shape index (κ2) is 3.70. The molecule has 2 rings (SSSR count). The molecule has 0 saturated heterocycles. The van der Waals surface area contributed by atoms with E-state index in [1.807, 2.05) is 13.0 Å². The largest absolute Gasteiger partial charge is 0.486 e. The lowest BCUT2D eigenvalue weighted by molar-refractivity contribution is 0.0859. The summed E-state index contributed by atoms with van der Waals surface area (Å²) in [5, 5.41) is 0. The van der Waals surface area contributed by atoms with Crippen LogP contribution >= 0.6 is 0 Å². The average Bonchev–Trinajstić information content (AvgIpc) is 2.27. The first kappa shape index (κ1) is 9.06. The molecule has 1 heterocycles. The summed E-state index contributed by atoms with van der Waals surface area (Å²) < 4.78 is 11.1. The van der Waals surface area contributed by atoms with E-state index in [0.29, 0.717) is 23.7 Å². The SMILES string of the molecule is CCC1COc2cccc(C=O)c2O1. The predicted octanol–water partition coefficient (Wildman–Crippen LogP) is 2.05. The first-order chi connectivity index (χ1) is 6.85. The predicted molar refractivity (Wildman–Crippen MR) is 52.0 cm³/mol. The molecule has 1 aromatic rings. The van der Waals surface area contributed by atoms with Crippen molar-refractivity contribution in [2.45, 2.75) is 19.4 Å². The maximum Gasteiger partial charge on any atom is 0.172 e. The standard InChI is InChI=1S/C11H12O3/c1-2-9-7-13-10-5-3-4-8(6-12)11(10)14-9/h3-6,9H,2,7H2,1H3. The normalized spacial score (nSPS) is 19.1. The quantitative estimate of drug-likeness (QED) is 0.673. The monoisotopic (exact) mass is 192 g/mol. The zero-order chi connectivity index (χ0) is 9.97. The van der Waals surface area contributed by atoms with Gasteiger partial charge in [-0.3, -0.25) is 4.79 Å². The van der Waals surface area contributed by atoms with Gasteiger partial charge in [0.2, 0.25) is 0 Å². The highest BCUT2D eigenvalue weighted by Crippen LogP contribution is 2.34. The van der Waals surface area contributed by atoms with Gasteiger partial charge in [-0.1, -0.05) is 13.0 Å². The molecule has 74 valence electrons. The molecule has 0 fully saturated rings. The summed E-state index contributed by atoms with van der Waals surface area (Å²) in [5.41, 5.74) is 0.556. The summed E-state index contributed by atoms with van der Waals surface area (Å²) in [5.74, 6) is 1.25. The Morgan fingerprint density at radius 2 is 2.43 bits per heavy atom. The molecule has 3 heteroatoms. The molecule has 0 amide bonds. The second-order valence-corrected chi connectivity index (χ2v) is 3.25. The number of hydrogen-bond donors (Lipinski definition) is 0. The summed E-state index contributed by atoms with van der Waals surface area (Å²) in [7, 11) is 0. The van der Waals surface area contributed by atoms with Gasteiger partial charge in [-0.05, 0) is 18.6 Å². The van der Waals surface area contributed by atoms with E-state index in [1.165, 1.54) is 0 Å². The van der Waals surface area contributed by atoms with Gasteiger partial charge in [0.05, 0.1) is 5.56 Å². The number of hydrogen-bond acceptors (Lipinski definition) is 3. The highest BCUT2D eigenvalue weighted by atomic mass is 16.6. The molecule has 1 aliphatic rings. The van der Waals surface area contributed by atoms with Crippen LogP contribution in [0.1, 0.15) is 23.7 Å². The highest BCUT2D eigenvalue weighted by molar-refractivity contribution is 5.81. The minimum Gasteiger partial charge on any atom is -0.486 e. The molecule has 0 bridgehead atoms. The molecule has 14 heavy (non-hydrogen) atoms. The molecule has 0 aliphatic carbocycles. The number of fused-ring (bicyclic) bond motifs is 1. The van der Waals surface area contributed by atoms with Crippen LogP contribution in [0.3, 0.4) is 0 Å². The number of para-hydroxylation sites is 1. The number of carbonyl (C=O) groups is 1. The Morgan fingerprint density at radius 1 is 1.57 bits per heavy atom. The van der Waals surface area contributed by atoms with Crippen LogP contribution in [0.4, 0.5) is 0 Å². The van der Waals surface area contributed by atoms with Gasteiger partial charge >= 0.3 is 0 Å². The maximum atomic E-state index is 10.7. The molecule has 3 nitrogen and oxygen atoms in total. The molecule has 0 saturated carbocycles. The number of carbonyl (C=O) groups excluding carboxylic acids is 1. The first-order valence-corrected chi connectivity index (χ1v) is 4.72. The van der Waals surface area contributed by atoms with Crippen LogP contribution in [0, 0.1) is 0 Å². The Bertz CT molecular complexity index is 346. The van der Waals surface area contributed by atoms with E-state index in [0.717, 1.165) is 12.7 Å². The van der Waals surface area contributed by atoms with E-state index in [4.69, 9.17) is 9.47 Å². The van der Waals surface area contributed by atoms with Crippen LogP contribution in [0.2, 0.25) is 0 Å². The van der Waals surface area contributed by atoms with E-state index in [9.17, 15) is 4.79 Å². The lowest BCUT2D eigenvalue weighted by atomic mass is 10.1. The van der Waals surface area contributed by atoms with Crippen LogP contribution in [-0.4, -0.2) is 19.0 Å². The molecular formula is C11H12O3. The van der Waals surface area contributed by atoms with Crippen molar-refractivity contribution in [3.05, 3.63) is 23.8 Å². The lowest BCUT2D eigenvalue weighted by Crippen LogP contribution is -2.28. The van der Waals surface area contributed by atoms with Gasteiger partial charge in [0.15, 0.2) is 17.8 Å². The summed E-state index contributed by atoms with van der Waals surface area (Å²) in [4.78, 5) is 10.7. The van der Waals surface area contributed by atoms with Crippen LogP contribution < -0.4 is 9.47 Å². The molecule has 1 atom stereocenters. The third-order valence-corrected chi connectivity index (χ3v) is 2.30. The number of ether oxygens (including phenoxy) is 2. The Balaban J connectivity index is 2.37. The Morgan fingerprint density at radius 3 is 3.14 bits per heavy atom. The molecule has 0 N–H and O–H groups in total. The van der Waals surface area contributed by atoms with E-state index in [2.05, 4.69) is 0 Å². The number of aldehydes is 1. The third-order valence-electron chi connectivity index (χ3n) is 2.30. The highest BCUT2D eigenvalue weighted by Gasteiger charge is 2.21. The smallest absolute Gasteiger partial charge is 0.172 e. The molecule has 1 unspecified atom stereocenters. The molecule has 1 aromatic carbocycles. The van der Waals surface area contributed by atoms with Gasteiger partial charge in [-0.2, -0.15) is 0 Å². The zero-order valence-corrected chi connectivity index (χ0v) is 8.03. The van der Waals surface area contributed by atoms with E-state index in [1.54, 1.807) is 12.1 Å². The van der Waals surface area contributed by atoms with Crippen molar-refractivity contribution in [2.75, 3.05) is 6.61 Å². The van der Waals surface area contributed by atoms with Crippen LogP contribution in [0.5, 0.6) is 11.5 Å². The van der Waals surface area contributed by atoms with Gasteiger partial charge in [-0.15, -0.1) is 0 Å². The van der Waals surface area contributed by atoms with Crippen molar-refractivity contribution >= 4 is 6.29 Å². The fourth-order valence-corrected chi connectivity index (χ4v) is 1.45. The molecule has 0 aromatic heterocycles. The van der Waals surface area contributed by atoms with E-state index in [-0.39, 0.29) is 6.10 Å². The topological polar surface area (TPSA) is 35.5 Å². The second-order valence-electron chi connectivity index (χ2n) is 3.25. The first-order valence-electron chi connectivity index (χ1n) is 4.72. The van der Waals surface area contributed by atoms with Crippen molar-refractivity contribution in [1.82, 2.24) is 0 Å². The van der Waals surface area contributed by atoms with Crippen molar-refractivity contribution in [2.24, 2.45) is 0 Å². The molecule has 0 radical (unpaired) electrons. The fraction of sp³-hybridized carbons (Fsp3) is 0.364. The van der Waals surface area contributed by atoms with Crippen LogP contribution in [-0.2, 0) is 0 Å². The zero-order valence-electron chi connectivity index (χ0n) is 8.03. The number of rotatable bonds is 2. The molecule has 1 aliphatic heterocycles. The molecule has 0 spiro atoms. The van der Waals surface area contributed by atoms with E-state index < -0.39 is 0 Å². The van der Waals surface area contributed by atoms with Crippen LogP contribution in [0.25, 0.3) is 0 Å². The number of benzene rings is 1. The van der Waals surface area contributed by atoms with Crippen molar-refractivity contribution < 1.29 is 14.3 Å². The van der Waals surface area contributed by atoms with E-state index >= 15 is 0 Å². The summed E-state index contributed by atoms with van der Waals surface area (Å²) in [6.45, 7) is 2.59. The van der Waals surface area contributed by atoms with Crippen molar-refractivity contribution in [3.63, 3.8) is 0 Å². The van der Waals surface area contributed by atoms with Crippen LogP contribution in [0.15, 0.2) is 18.2 Å². The van der Waals surface area contributed by atoms with Gasteiger partial charge in [0.1, 0.15) is 12.7 Å². The van der Waals surface area contributed by atoms with Gasteiger partial charge < -0.3 is 9.47 Å². The summed E-state index contributed by atoms with van der Waals surface area (Å²) in [6, 6.07) is 5.33. The summed E-state index contributed by atoms with van der Waals surface area (Å²) >= 11 is 0. The fourth-order valence-electron chi connectivity index (χ4n) is 1.45. The Labute approximate surface area is 82.6 Å². The van der Waals surface area contributed by atoms with Gasteiger partial charge in [-0.25, -0.2) is 0 Å². The van der Waals surface area contributed by atoms with Crippen molar-refractivity contribution in [1.29, 1.82) is 0 Å². The lowest BCUT2D eigenvalue weighted by Gasteiger charge is -2.26. The van der Waals surface area contributed by atoms with Crippen molar-refractivity contribution in [3.8, 4) is 11.5 Å².